The van der Waals surface area contributed by atoms with Gasteiger partial charge in [0.15, 0.2) is 0 Å². The molecule has 2 heterocycles. The van der Waals surface area contributed by atoms with Crippen molar-refractivity contribution in [1.29, 1.82) is 0 Å². The normalized spacial score (nSPS) is 25.2. The largest absolute Gasteiger partial charge is 0.496 e. The van der Waals surface area contributed by atoms with Gasteiger partial charge in [-0.3, -0.25) is 34.7 Å². The Bertz CT molecular complexity index is 1220. The molecule has 2 saturated heterocycles. The molecule has 2 aromatic rings. The molecule has 190 valence electrons. The fraction of sp³-hybridized carbons (Fsp3) is 0.400. The smallest absolute Gasteiger partial charge is 0.325 e. The van der Waals surface area contributed by atoms with Gasteiger partial charge in [-0.05, 0) is 30.2 Å². The summed E-state index contributed by atoms with van der Waals surface area (Å²) in [7, 11) is 1.48. The van der Waals surface area contributed by atoms with Gasteiger partial charge in [0.05, 0.1) is 23.9 Å². The van der Waals surface area contributed by atoms with Crippen molar-refractivity contribution in [3.05, 3.63) is 68.2 Å². The quantitative estimate of drug-likeness (QED) is 0.270. The summed E-state index contributed by atoms with van der Waals surface area (Å²) < 4.78 is 6.22. The third-order valence-electron chi connectivity index (χ3n) is 7.02. The number of nitro benzene ring substituents is 1. The van der Waals surface area contributed by atoms with Crippen LogP contribution in [0.5, 0.6) is 5.75 Å². The molecule has 10 nitrogen and oxygen atoms in total. The van der Waals surface area contributed by atoms with Crippen LogP contribution in [0.25, 0.3) is 0 Å². The van der Waals surface area contributed by atoms with Gasteiger partial charge >= 0.3 is 5.97 Å². The van der Waals surface area contributed by atoms with E-state index in [1.807, 2.05) is 6.92 Å². The number of carboxylic acid groups (broad SMARTS) is 1. The number of nitrogens with one attached hydrogen (secondary N) is 1. The van der Waals surface area contributed by atoms with Crippen LogP contribution < -0.4 is 10.1 Å². The minimum Gasteiger partial charge on any atom is -0.496 e. The fourth-order valence-corrected chi connectivity index (χ4v) is 5.69. The molecule has 2 N–H and O–H groups in total. The number of non-ortho nitro benzene ring substituents is 1. The first kappa shape index (κ1) is 25.8. The van der Waals surface area contributed by atoms with E-state index in [1.54, 1.807) is 18.2 Å². The van der Waals surface area contributed by atoms with Gasteiger partial charge < -0.3 is 9.84 Å². The van der Waals surface area contributed by atoms with Crippen LogP contribution in [-0.4, -0.2) is 51.9 Å². The second-order valence-electron chi connectivity index (χ2n) is 9.07. The number of nitrogens with zero attached hydrogens (tertiary/aromatic N) is 2. The Morgan fingerprint density at radius 1 is 1.22 bits per heavy atom. The zero-order valence-corrected chi connectivity index (χ0v) is 21.4. The van der Waals surface area contributed by atoms with Gasteiger partial charge in [0.2, 0.25) is 11.8 Å². The zero-order valence-electron chi connectivity index (χ0n) is 19.8. The van der Waals surface area contributed by atoms with Gasteiger partial charge in [-0.25, -0.2) is 0 Å². The number of carbonyl (C=O) groups excluding carboxylic acids is 2. The minimum absolute atomic E-state index is 0.130. The predicted molar refractivity (Wildman–Crippen MR) is 132 cm³/mol. The number of fused-ring (bicyclic) bond motifs is 1. The lowest BCUT2D eigenvalue weighted by molar-refractivity contribution is -0.384. The highest BCUT2D eigenvalue weighted by atomic mass is 79.9. The van der Waals surface area contributed by atoms with E-state index >= 15 is 0 Å². The van der Waals surface area contributed by atoms with Gasteiger partial charge in [-0.2, -0.15) is 0 Å². The molecule has 0 saturated carbocycles. The van der Waals surface area contributed by atoms with Crippen LogP contribution in [0.1, 0.15) is 36.9 Å². The van der Waals surface area contributed by atoms with Crippen LogP contribution in [-0.2, 0) is 20.8 Å². The van der Waals surface area contributed by atoms with Crippen molar-refractivity contribution in [2.45, 2.75) is 37.8 Å². The van der Waals surface area contributed by atoms with E-state index in [1.165, 1.54) is 36.3 Å². The van der Waals surface area contributed by atoms with Crippen molar-refractivity contribution < 1.29 is 29.2 Å². The second-order valence-corrected chi connectivity index (χ2v) is 9.99. The average Bonchev–Trinajstić information content (AvgIpc) is 3.32. The highest BCUT2D eigenvalue weighted by Crippen LogP contribution is 2.51. The fourth-order valence-electron chi connectivity index (χ4n) is 5.31. The molecule has 2 aliphatic rings. The number of aliphatic carboxylic acids is 1. The van der Waals surface area contributed by atoms with Crippen LogP contribution in [0.15, 0.2) is 46.9 Å². The SMILES string of the molecule is CCCCN1C(=O)C2C(c3cc(Br)ccc3OC)NC(Cc3ccc([N+](=O)[O-])cc3)(C(=O)O)C2C1=O. The molecule has 4 atom stereocenters. The first-order valence-corrected chi connectivity index (χ1v) is 12.4. The van der Waals surface area contributed by atoms with Crippen LogP contribution in [0, 0.1) is 22.0 Å². The number of imide groups is 1. The summed E-state index contributed by atoms with van der Waals surface area (Å²) in [6.07, 6.45) is 1.23. The maximum atomic E-state index is 13.6. The number of hydrogen-bond donors (Lipinski definition) is 2. The van der Waals surface area contributed by atoms with E-state index < -0.39 is 46.1 Å². The number of halogens is 1. The average molecular weight is 560 g/mol. The predicted octanol–water partition coefficient (Wildman–Crippen LogP) is 3.48. The van der Waals surface area contributed by atoms with E-state index in [9.17, 15) is 29.6 Å². The Balaban J connectivity index is 1.84. The highest BCUT2D eigenvalue weighted by Gasteiger charge is 2.68. The molecule has 4 rings (SSSR count). The lowest BCUT2D eigenvalue weighted by Crippen LogP contribution is -2.57. The molecule has 0 aromatic heterocycles. The van der Waals surface area contributed by atoms with E-state index in [-0.39, 0.29) is 18.7 Å². The molecule has 36 heavy (non-hydrogen) atoms. The summed E-state index contributed by atoms with van der Waals surface area (Å²) in [5.41, 5.74) is -0.891. The van der Waals surface area contributed by atoms with Gasteiger partial charge in [-0.15, -0.1) is 0 Å². The number of nitro groups is 1. The second kappa shape index (κ2) is 9.98. The maximum absolute atomic E-state index is 13.6. The third kappa shape index (κ3) is 4.26. The third-order valence-corrected chi connectivity index (χ3v) is 7.51. The van der Waals surface area contributed by atoms with Crippen molar-refractivity contribution in [1.82, 2.24) is 10.2 Å². The van der Waals surface area contributed by atoms with Crippen LogP contribution in [0.2, 0.25) is 0 Å². The summed E-state index contributed by atoms with van der Waals surface area (Å²) in [5.74, 6) is -3.87. The number of unbranched alkanes of at least 4 members (excludes halogenated alkanes) is 1. The van der Waals surface area contributed by atoms with Gasteiger partial charge in [0.25, 0.3) is 5.69 Å². The van der Waals surface area contributed by atoms with E-state index in [4.69, 9.17) is 4.74 Å². The van der Waals surface area contributed by atoms with Crippen LogP contribution >= 0.6 is 15.9 Å². The van der Waals surface area contributed by atoms with Gasteiger partial charge in [0, 0.05) is 41.2 Å². The topological polar surface area (TPSA) is 139 Å². The van der Waals surface area contributed by atoms with Crippen molar-refractivity contribution in [3.8, 4) is 5.75 Å². The van der Waals surface area contributed by atoms with E-state index in [2.05, 4.69) is 21.2 Å². The Hall–Kier alpha value is -3.31. The number of likely N-dealkylation sites (tertiary alicyclic amines) is 1. The van der Waals surface area contributed by atoms with Crippen molar-refractivity contribution >= 4 is 39.4 Å². The summed E-state index contributed by atoms with van der Waals surface area (Å²) >= 11 is 3.43. The molecule has 2 amide bonds. The lowest BCUT2D eigenvalue weighted by atomic mass is 9.76. The first-order valence-electron chi connectivity index (χ1n) is 11.6. The summed E-state index contributed by atoms with van der Waals surface area (Å²) in [6, 6.07) is 9.96. The molecule has 11 heteroatoms. The molecule has 0 bridgehead atoms. The standard InChI is InChI=1S/C25H26BrN3O7/c1-3-4-11-28-22(30)19-20(23(28)31)25(24(32)33,13-14-5-8-16(9-6-14)29(34)35)27-21(19)17-12-15(26)7-10-18(17)36-2/h5-10,12,19-21,27H,3-4,11,13H2,1-2H3,(H,32,33). The van der Waals surface area contributed by atoms with Crippen molar-refractivity contribution in [3.63, 3.8) is 0 Å². The van der Waals surface area contributed by atoms with E-state index in [0.29, 0.717) is 27.8 Å². The molecule has 4 unspecified atom stereocenters. The Labute approximate surface area is 215 Å². The van der Waals surface area contributed by atoms with E-state index in [0.717, 1.165) is 6.42 Å². The molecule has 2 aliphatic heterocycles. The molecular weight excluding hydrogens is 534 g/mol. The van der Waals surface area contributed by atoms with Crippen LogP contribution in [0.4, 0.5) is 5.69 Å². The molecule has 2 aromatic carbocycles. The Morgan fingerprint density at radius 3 is 2.50 bits per heavy atom. The van der Waals surface area contributed by atoms with Crippen molar-refractivity contribution in [2.75, 3.05) is 13.7 Å². The maximum Gasteiger partial charge on any atom is 0.325 e. The monoisotopic (exact) mass is 559 g/mol. The molecular formula is C25H26BrN3O7. The number of methoxy groups -OCH3 is 1. The highest BCUT2D eigenvalue weighted by molar-refractivity contribution is 9.10. The number of hydrogen-bond acceptors (Lipinski definition) is 7. The number of carbonyl (C=O) groups is 3. The first-order chi connectivity index (χ1) is 17.1. The number of amides is 2. The summed E-state index contributed by atoms with van der Waals surface area (Å²) in [5, 5.41) is 24.7. The number of ether oxygens (including phenoxy) is 1. The van der Waals surface area contributed by atoms with Gasteiger partial charge in [-0.1, -0.05) is 41.4 Å². The minimum atomic E-state index is -1.81. The summed E-state index contributed by atoms with van der Waals surface area (Å²) in [4.78, 5) is 51.9. The number of benzene rings is 2. The molecule has 2 fully saturated rings. The zero-order chi connectivity index (χ0) is 26.2. The summed E-state index contributed by atoms with van der Waals surface area (Å²) in [6.45, 7) is 2.16. The van der Waals surface area contributed by atoms with Crippen molar-refractivity contribution in [2.24, 2.45) is 11.8 Å². The molecule has 0 radical (unpaired) electrons. The lowest BCUT2D eigenvalue weighted by Gasteiger charge is -2.31. The Kier molecular flexibility index (Phi) is 7.14. The van der Waals surface area contributed by atoms with Gasteiger partial charge in [0.1, 0.15) is 11.3 Å². The number of carboxylic acids is 1. The molecule has 0 aliphatic carbocycles. The van der Waals surface area contributed by atoms with Crippen LogP contribution in [0.3, 0.4) is 0 Å². The Morgan fingerprint density at radius 2 is 1.92 bits per heavy atom. The molecule has 0 spiro atoms. The number of rotatable bonds is 9.